The Hall–Kier alpha value is -5.48. The molecule has 4 heteroatoms. The van der Waals surface area contributed by atoms with E-state index in [4.69, 9.17) is 15.2 Å². The third-order valence-electron chi connectivity index (χ3n) is 7.88. The molecular weight excluding hydrogens is 500 g/mol. The molecule has 3 heterocycles. The van der Waals surface area contributed by atoms with Crippen molar-refractivity contribution in [2.75, 3.05) is 0 Å². The molecule has 192 valence electrons. The van der Waals surface area contributed by atoms with Crippen molar-refractivity contribution in [3.63, 3.8) is 0 Å². The number of nitrogens with zero attached hydrogens (tertiary/aromatic N) is 4. The summed E-state index contributed by atoms with van der Waals surface area (Å²) in [5.41, 5.74) is 12.3. The van der Waals surface area contributed by atoms with Crippen LogP contribution in [0, 0.1) is 0 Å². The Morgan fingerprint density at radius 2 is 0.951 bits per heavy atom. The van der Waals surface area contributed by atoms with E-state index in [0.717, 1.165) is 61.6 Å². The molecule has 7 aromatic rings. The van der Waals surface area contributed by atoms with Crippen LogP contribution in [-0.2, 0) is 0 Å². The van der Waals surface area contributed by atoms with Gasteiger partial charge in [0.25, 0.3) is 0 Å². The molecule has 0 saturated carbocycles. The molecule has 0 saturated heterocycles. The molecule has 0 aliphatic carbocycles. The van der Waals surface area contributed by atoms with Crippen molar-refractivity contribution in [1.82, 2.24) is 15.2 Å². The van der Waals surface area contributed by atoms with E-state index in [1.54, 1.807) is 0 Å². The molecule has 0 bridgehead atoms. The molecule has 0 N–H and O–H groups in total. The highest BCUT2D eigenvalue weighted by molar-refractivity contribution is 5.93. The minimum Gasteiger partial charge on any atom is -0.234 e. The molecule has 1 unspecified atom stereocenters. The second-order valence-corrected chi connectivity index (χ2v) is 10.3. The number of rotatable bonds is 4. The summed E-state index contributed by atoms with van der Waals surface area (Å²) >= 11 is 0. The van der Waals surface area contributed by atoms with Gasteiger partial charge in [-0.1, -0.05) is 133 Å². The third kappa shape index (κ3) is 3.76. The van der Waals surface area contributed by atoms with E-state index < -0.39 is 0 Å². The molecule has 0 spiro atoms. The largest absolute Gasteiger partial charge is 0.243 e. The van der Waals surface area contributed by atoms with Crippen molar-refractivity contribution < 1.29 is 4.57 Å². The van der Waals surface area contributed by atoms with Crippen LogP contribution in [0.1, 0.15) is 17.2 Å². The first kappa shape index (κ1) is 23.4. The summed E-state index contributed by atoms with van der Waals surface area (Å²) in [4.78, 5) is 5.31. The molecule has 4 nitrogen and oxygen atoms in total. The van der Waals surface area contributed by atoms with Crippen LogP contribution in [0.3, 0.4) is 0 Å². The highest BCUT2D eigenvalue weighted by Gasteiger charge is 2.46. The van der Waals surface area contributed by atoms with Gasteiger partial charge in [0.05, 0.1) is 11.1 Å². The molecule has 0 fully saturated rings. The maximum Gasteiger partial charge on any atom is 0.243 e. The minimum atomic E-state index is -0.121. The second kappa shape index (κ2) is 9.61. The Morgan fingerprint density at radius 3 is 1.59 bits per heavy atom. The fourth-order valence-corrected chi connectivity index (χ4v) is 6.12. The Morgan fingerprint density at radius 1 is 0.463 bits per heavy atom. The summed E-state index contributed by atoms with van der Waals surface area (Å²) in [6, 6.07) is 50.3. The predicted octanol–water partition coefficient (Wildman–Crippen LogP) is 7.93. The zero-order valence-electron chi connectivity index (χ0n) is 22.2. The topological polar surface area (TPSA) is 42.6 Å². The summed E-state index contributed by atoms with van der Waals surface area (Å²) in [5.74, 6) is 0. The molecule has 0 amide bonds. The lowest BCUT2D eigenvalue weighted by molar-refractivity contribution is -0.662. The standard InChI is InChI=1S/C37H25N4/c1-5-15-25(16-6-1)33-31-32(34(40-39-33)26-17-7-2-8-18-26)37-35(27-19-9-3-10-20-27)38-29-23-13-14-24-30(29)41(37)36(31)28-21-11-4-12-22-28/h1-24,36H/q+1. The van der Waals surface area contributed by atoms with Gasteiger partial charge in [-0.15, -0.1) is 10.2 Å². The van der Waals surface area contributed by atoms with Crippen LogP contribution in [0.5, 0.6) is 0 Å². The lowest BCUT2D eigenvalue weighted by Crippen LogP contribution is -2.40. The van der Waals surface area contributed by atoms with Gasteiger partial charge in [0.1, 0.15) is 22.6 Å². The third-order valence-corrected chi connectivity index (χ3v) is 7.88. The minimum absolute atomic E-state index is 0.121. The van der Waals surface area contributed by atoms with Crippen LogP contribution in [0.25, 0.3) is 56.1 Å². The molecule has 5 aromatic carbocycles. The Bertz CT molecular complexity index is 2020. The Balaban J connectivity index is 1.60. The zero-order valence-corrected chi connectivity index (χ0v) is 22.2. The van der Waals surface area contributed by atoms with E-state index in [2.05, 4.69) is 132 Å². The summed E-state index contributed by atoms with van der Waals surface area (Å²) in [6.07, 6.45) is 0. The molecule has 0 radical (unpaired) electrons. The highest BCUT2D eigenvalue weighted by atomic mass is 15.1. The quantitative estimate of drug-likeness (QED) is 0.219. The maximum absolute atomic E-state index is 5.31. The van der Waals surface area contributed by atoms with Gasteiger partial charge in [0, 0.05) is 28.3 Å². The van der Waals surface area contributed by atoms with Crippen LogP contribution < -0.4 is 4.57 Å². The van der Waals surface area contributed by atoms with Crippen LogP contribution in [0.4, 0.5) is 0 Å². The van der Waals surface area contributed by atoms with E-state index >= 15 is 0 Å². The molecule has 8 rings (SSSR count). The number of hydrogen-bond acceptors (Lipinski definition) is 3. The molecular formula is C37H25N4+. The fourth-order valence-electron chi connectivity index (χ4n) is 6.12. The van der Waals surface area contributed by atoms with Gasteiger partial charge in [0.15, 0.2) is 0 Å². The smallest absolute Gasteiger partial charge is 0.234 e. The van der Waals surface area contributed by atoms with Crippen molar-refractivity contribution >= 4 is 11.0 Å². The van der Waals surface area contributed by atoms with Gasteiger partial charge in [-0.05, 0) is 6.07 Å². The van der Waals surface area contributed by atoms with Crippen LogP contribution in [-0.4, -0.2) is 15.2 Å². The number of hydrogen-bond donors (Lipinski definition) is 0. The SMILES string of the molecule is c1ccc(-c2nnc(-c3ccccc3)c3c2-c2c(-c4ccccc4)nc4ccccc4[n+]2C3c2ccccc2)cc1. The van der Waals surface area contributed by atoms with Gasteiger partial charge >= 0.3 is 0 Å². The monoisotopic (exact) mass is 525 g/mol. The Labute approximate surface area is 238 Å². The van der Waals surface area contributed by atoms with Gasteiger partial charge in [-0.3, -0.25) is 0 Å². The van der Waals surface area contributed by atoms with E-state index in [0.29, 0.717) is 0 Å². The second-order valence-electron chi connectivity index (χ2n) is 10.3. The lowest BCUT2D eigenvalue weighted by atomic mass is 9.90. The zero-order chi connectivity index (χ0) is 27.2. The summed E-state index contributed by atoms with van der Waals surface area (Å²) in [6.45, 7) is 0. The normalized spacial score (nSPS) is 13.6. The first-order valence-corrected chi connectivity index (χ1v) is 13.8. The molecule has 1 aliphatic heterocycles. The first-order valence-electron chi connectivity index (χ1n) is 13.8. The number of fused-ring (bicyclic) bond motifs is 5. The first-order chi connectivity index (χ1) is 20.4. The predicted molar refractivity (Wildman–Crippen MR) is 163 cm³/mol. The van der Waals surface area contributed by atoms with Crippen molar-refractivity contribution in [2.24, 2.45) is 0 Å². The molecule has 1 atom stereocenters. The molecule has 41 heavy (non-hydrogen) atoms. The van der Waals surface area contributed by atoms with E-state index in [9.17, 15) is 0 Å². The van der Waals surface area contributed by atoms with Crippen molar-refractivity contribution in [1.29, 1.82) is 0 Å². The molecule has 1 aliphatic rings. The Kier molecular flexibility index (Phi) is 5.49. The summed E-state index contributed by atoms with van der Waals surface area (Å²) in [5, 5.41) is 9.90. The average molecular weight is 526 g/mol. The molecule has 2 aromatic heterocycles. The lowest BCUT2D eigenvalue weighted by Gasteiger charge is -2.14. The van der Waals surface area contributed by atoms with Crippen molar-refractivity contribution in [2.45, 2.75) is 6.04 Å². The number of para-hydroxylation sites is 2. The van der Waals surface area contributed by atoms with Crippen LogP contribution in [0.15, 0.2) is 146 Å². The van der Waals surface area contributed by atoms with Gasteiger partial charge < -0.3 is 0 Å². The van der Waals surface area contributed by atoms with Gasteiger partial charge in [0.2, 0.25) is 17.3 Å². The van der Waals surface area contributed by atoms with Crippen molar-refractivity contribution in [3.05, 3.63) is 157 Å². The van der Waals surface area contributed by atoms with E-state index in [-0.39, 0.29) is 6.04 Å². The van der Waals surface area contributed by atoms with E-state index in [1.165, 1.54) is 5.56 Å². The maximum atomic E-state index is 5.31. The number of benzene rings is 5. The van der Waals surface area contributed by atoms with Gasteiger partial charge in [-0.2, -0.15) is 4.57 Å². The van der Waals surface area contributed by atoms with Gasteiger partial charge in [-0.25, -0.2) is 4.98 Å². The van der Waals surface area contributed by atoms with E-state index in [1.807, 2.05) is 18.2 Å². The average Bonchev–Trinajstić information content (AvgIpc) is 3.42. The number of aromatic nitrogens is 4. The van der Waals surface area contributed by atoms with Crippen molar-refractivity contribution in [3.8, 4) is 45.0 Å². The summed E-state index contributed by atoms with van der Waals surface area (Å²) < 4.78 is 2.47. The fraction of sp³-hybridized carbons (Fsp3) is 0.0270. The highest BCUT2D eigenvalue weighted by Crippen LogP contribution is 2.48. The van der Waals surface area contributed by atoms with Crippen LogP contribution >= 0.6 is 0 Å². The van der Waals surface area contributed by atoms with Crippen LogP contribution in [0.2, 0.25) is 0 Å². The summed E-state index contributed by atoms with van der Waals surface area (Å²) in [7, 11) is 0.